The first-order valence-corrected chi connectivity index (χ1v) is 4.59. The molecule has 1 aromatic carbocycles. The monoisotopic (exact) mass is 239 g/mol. The molecule has 6 nitrogen and oxygen atoms in total. The third-order valence-electron chi connectivity index (χ3n) is 1.95. The minimum atomic E-state index is -3.03. The highest BCUT2D eigenvalue weighted by Crippen LogP contribution is 2.12. The van der Waals surface area contributed by atoms with Gasteiger partial charge in [-0.15, -0.1) is 5.10 Å². The molecule has 0 saturated carbocycles. The molecule has 1 amide bonds. The number of halogens is 2. The molecule has 0 spiro atoms. The average Bonchev–Trinajstić information content (AvgIpc) is 2.83. The van der Waals surface area contributed by atoms with Crippen LogP contribution in [0.5, 0.6) is 0 Å². The number of hydrogen-bond donors (Lipinski definition) is 1. The van der Waals surface area contributed by atoms with Gasteiger partial charge in [0.15, 0.2) is 0 Å². The van der Waals surface area contributed by atoms with Crippen molar-refractivity contribution in [2.24, 2.45) is 0 Å². The summed E-state index contributed by atoms with van der Waals surface area (Å²) in [5.74, 6) is -1.33. The lowest BCUT2D eigenvalue weighted by molar-refractivity contribution is -0.126. The molecule has 0 radical (unpaired) electrons. The molecule has 2 aromatic rings. The molecule has 1 N–H and O–H groups in total. The number of alkyl halides is 2. The Bertz CT molecular complexity index is 497. The van der Waals surface area contributed by atoms with E-state index in [0.29, 0.717) is 5.69 Å². The molecule has 0 aliphatic heterocycles. The molecular formula is C9H7F2N5O. The van der Waals surface area contributed by atoms with E-state index >= 15 is 0 Å². The van der Waals surface area contributed by atoms with Gasteiger partial charge in [-0.05, 0) is 34.7 Å². The minimum Gasteiger partial charge on any atom is -0.321 e. The second-order valence-electron chi connectivity index (χ2n) is 3.09. The van der Waals surface area contributed by atoms with Crippen molar-refractivity contribution in [2.45, 2.75) is 6.43 Å². The van der Waals surface area contributed by atoms with Gasteiger partial charge in [-0.2, -0.15) is 8.78 Å². The van der Waals surface area contributed by atoms with Crippen LogP contribution in [0.15, 0.2) is 30.6 Å². The lowest BCUT2D eigenvalue weighted by atomic mass is 10.3. The number of rotatable bonds is 3. The van der Waals surface area contributed by atoms with Gasteiger partial charge in [0, 0.05) is 5.69 Å². The third kappa shape index (κ3) is 2.60. The molecule has 0 bridgehead atoms. The largest absolute Gasteiger partial charge is 0.321 e. The Kier molecular flexibility index (Phi) is 3.03. The summed E-state index contributed by atoms with van der Waals surface area (Å²) in [5.41, 5.74) is 0.942. The molecule has 0 atom stereocenters. The lowest BCUT2D eigenvalue weighted by Gasteiger charge is -2.05. The molecular weight excluding hydrogens is 232 g/mol. The number of nitrogens with one attached hydrogen (secondary N) is 1. The molecule has 2 rings (SSSR count). The van der Waals surface area contributed by atoms with E-state index in [-0.39, 0.29) is 5.69 Å². The maximum Gasteiger partial charge on any atom is 0.315 e. The highest BCUT2D eigenvalue weighted by molar-refractivity contribution is 5.93. The van der Waals surface area contributed by atoms with Gasteiger partial charge in [0.2, 0.25) is 0 Å². The van der Waals surface area contributed by atoms with Gasteiger partial charge >= 0.3 is 6.43 Å². The second-order valence-corrected chi connectivity index (χ2v) is 3.09. The number of tetrazole rings is 1. The quantitative estimate of drug-likeness (QED) is 0.862. The Labute approximate surface area is 94.2 Å². The van der Waals surface area contributed by atoms with Gasteiger partial charge in [0.25, 0.3) is 5.91 Å². The molecule has 88 valence electrons. The number of carbonyl (C=O) groups is 1. The summed E-state index contributed by atoms with van der Waals surface area (Å²) in [6, 6.07) is 6.16. The predicted molar refractivity (Wildman–Crippen MR) is 53.8 cm³/mol. The Morgan fingerprint density at radius 3 is 2.53 bits per heavy atom. The number of carbonyl (C=O) groups excluding carboxylic acids is 1. The summed E-state index contributed by atoms with van der Waals surface area (Å²) in [6.07, 6.45) is -1.64. The van der Waals surface area contributed by atoms with Gasteiger partial charge < -0.3 is 5.32 Å². The van der Waals surface area contributed by atoms with Crippen LogP contribution in [0, 0.1) is 0 Å². The smallest absolute Gasteiger partial charge is 0.315 e. The average molecular weight is 239 g/mol. The van der Waals surface area contributed by atoms with Crippen LogP contribution in [0.4, 0.5) is 14.5 Å². The minimum absolute atomic E-state index is 0.284. The first kappa shape index (κ1) is 11.1. The van der Waals surface area contributed by atoms with Crippen molar-refractivity contribution in [1.29, 1.82) is 0 Å². The first-order chi connectivity index (χ1) is 8.16. The maximum absolute atomic E-state index is 12.0. The molecule has 8 heteroatoms. The van der Waals surface area contributed by atoms with Crippen LogP contribution in [0.25, 0.3) is 5.69 Å². The Morgan fingerprint density at radius 1 is 1.29 bits per heavy atom. The van der Waals surface area contributed by atoms with E-state index in [4.69, 9.17) is 0 Å². The van der Waals surface area contributed by atoms with Crippen LogP contribution >= 0.6 is 0 Å². The third-order valence-corrected chi connectivity index (χ3v) is 1.95. The number of anilines is 1. The standard InChI is InChI=1S/C9H7F2N5O/c10-8(11)9(17)13-6-1-3-7(4-2-6)16-5-12-14-15-16/h1-5,8H,(H,13,17). The van der Waals surface area contributed by atoms with Crippen molar-refractivity contribution in [3.63, 3.8) is 0 Å². The van der Waals surface area contributed by atoms with E-state index in [2.05, 4.69) is 20.8 Å². The molecule has 1 aromatic heterocycles. The zero-order valence-corrected chi connectivity index (χ0v) is 8.42. The first-order valence-electron chi connectivity index (χ1n) is 4.59. The second kappa shape index (κ2) is 4.64. The normalized spacial score (nSPS) is 10.5. The summed E-state index contributed by atoms with van der Waals surface area (Å²) in [7, 11) is 0. The summed E-state index contributed by atoms with van der Waals surface area (Å²) in [6.45, 7) is 0. The fourth-order valence-corrected chi connectivity index (χ4v) is 1.17. The molecule has 1 heterocycles. The van der Waals surface area contributed by atoms with Crippen LogP contribution in [0.3, 0.4) is 0 Å². The maximum atomic E-state index is 12.0. The van der Waals surface area contributed by atoms with Crippen molar-refractivity contribution >= 4 is 11.6 Å². The number of benzene rings is 1. The number of hydrogen-bond acceptors (Lipinski definition) is 4. The molecule has 0 aliphatic carbocycles. The molecule has 17 heavy (non-hydrogen) atoms. The molecule has 0 unspecified atom stereocenters. The Hall–Kier alpha value is -2.38. The van der Waals surface area contributed by atoms with Crippen LogP contribution in [0.2, 0.25) is 0 Å². The summed E-state index contributed by atoms with van der Waals surface area (Å²) in [4.78, 5) is 10.7. The Balaban J connectivity index is 2.11. The SMILES string of the molecule is O=C(Nc1ccc(-n2cnnn2)cc1)C(F)F. The van der Waals surface area contributed by atoms with Gasteiger partial charge in [-0.25, -0.2) is 4.68 Å². The molecule has 0 saturated heterocycles. The van der Waals surface area contributed by atoms with Crippen molar-refractivity contribution < 1.29 is 13.6 Å². The number of aromatic nitrogens is 4. The zero-order valence-electron chi connectivity index (χ0n) is 8.42. The summed E-state index contributed by atoms with van der Waals surface area (Å²) < 4.78 is 25.3. The van der Waals surface area contributed by atoms with E-state index in [0.717, 1.165) is 0 Å². The van der Waals surface area contributed by atoms with Gasteiger partial charge in [-0.3, -0.25) is 4.79 Å². The van der Waals surface area contributed by atoms with Crippen LogP contribution < -0.4 is 5.32 Å². The van der Waals surface area contributed by atoms with Crippen LogP contribution in [-0.4, -0.2) is 32.5 Å². The fourth-order valence-electron chi connectivity index (χ4n) is 1.17. The highest BCUT2D eigenvalue weighted by Gasteiger charge is 2.14. The molecule has 0 fully saturated rings. The lowest BCUT2D eigenvalue weighted by Crippen LogP contribution is -2.19. The van der Waals surface area contributed by atoms with Crippen molar-refractivity contribution in [1.82, 2.24) is 20.2 Å². The van der Waals surface area contributed by atoms with Crippen LogP contribution in [-0.2, 0) is 4.79 Å². The number of amides is 1. The van der Waals surface area contributed by atoms with E-state index in [1.54, 1.807) is 12.1 Å². The van der Waals surface area contributed by atoms with E-state index in [9.17, 15) is 13.6 Å². The van der Waals surface area contributed by atoms with Gasteiger partial charge in [-0.1, -0.05) is 0 Å². The predicted octanol–water partition coefficient (Wildman–Crippen LogP) is 0.866. The highest BCUT2D eigenvalue weighted by atomic mass is 19.3. The summed E-state index contributed by atoms with van der Waals surface area (Å²) >= 11 is 0. The van der Waals surface area contributed by atoms with Crippen molar-refractivity contribution in [3.8, 4) is 5.69 Å². The van der Waals surface area contributed by atoms with Crippen LogP contribution in [0.1, 0.15) is 0 Å². The van der Waals surface area contributed by atoms with E-state index in [1.165, 1.54) is 23.1 Å². The molecule has 0 aliphatic rings. The van der Waals surface area contributed by atoms with E-state index < -0.39 is 12.3 Å². The fraction of sp³-hybridized carbons (Fsp3) is 0.111. The van der Waals surface area contributed by atoms with Gasteiger partial charge in [0.1, 0.15) is 6.33 Å². The Morgan fingerprint density at radius 2 is 2.00 bits per heavy atom. The van der Waals surface area contributed by atoms with E-state index in [1.807, 2.05) is 0 Å². The number of nitrogens with zero attached hydrogens (tertiary/aromatic N) is 4. The zero-order chi connectivity index (χ0) is 12.3. The van der Waals surface area contributed by atoms with Crippen molar-refractivity contribution in [3.05, 3.63) is 30.6 Å². The topological polar surface area (TPSA) is 72.7 Å². The van der Waals surface area contributed by atoms with Gasteiger partial charge in [0.05, 0.1) is 5.69 Å². The summed E-state index contributed by atoms with van der Waals surface area (Å²) in [5, 5.41) is 12.6. The van der Waals surface area contributed by atoms with Crippen molar-refractivity contribution in [2.75, 3.05) is 5.32 Å².